The van der Waals surface area contributed by atoms with Crippen LogP contribution < -0.4 is 0 Å². The van der Waals surface area contributed by atoms with Crippen LogP contribution in [-0.4, -0.2) is 37.7 Å². The maximum Gasteiger partial charge on any atom is 0.340 e. The summed E-state index contributed by atoms with van der Waals surface area (Å²) in [4.78, 5) is 30.8. The molecule has 0 aromatic carbocycles. The van der Waals surface area contributed by atoms with Gasteiger partial charge in [0.2, 0.25) is 5.78 Å². The van der Waals surface area contributed by atoms with E-state index in [4.69, 9.17) is 4.74 Å². The van der Waals surface area contributed by atoms with Gasteiger partial charge in [0.05, 0.1) is 11.3 Å². The Morgan fingerprint density at radius 2 is 2.00 bits per heavy atom. The third kappa shape index (κ3) is 4.16. The first-order valence-corrected chi connectivity index (χ1v) is 10.9. The molecule has 4 aromatic rings. The normalized spacial score (nSPS) is 11.2. The number of carbonyl (C=O) groups is 2. The minimum Gasteiger partial charge on any atom is -0.454 e. The molecule has 0 N–H and O–H groups in total. The molecule has 7 nitrogen and oxygen atoms in total. The van der Waals surface area contributed by atoms with E-state index in [1.807, 2.05) is 32.9 Å². The second-order valence-corrected chi connectivity index (χ2v) is 8.60. The van der Waals surface area contributed by atoms with Gasteiger partial charge in [-0.15, -0.1) is 11.3 Å². The quantitative estimate of drug-likeness (QED) is 0.323. The number of hydrogen-bond acceptors (Lipinski definition) is 6. The molecule has 0 unspecified atom stereocenters. The fourth-order valence-electron chi connectivity index (χ4n) is 3.82. The van der Waals surface area contributed by atoms with Crippen LogP contribution >= 0.6 is 11.3 Å². The number of hydrogen-bond donors (Lipinski definition) is 0. The van der Waals surface area contributed by atoms with Crippen LogP contribution in [0.4, 0.5) is 0 Å². The number of ketones is 1. The summed E-state index contributed by atoms with van der Waals surface area (Å²) in [6.45, 7) is 6.28. The van der Waals surface area contributed by atoms with Gasteiger partial charge in [-0.3, -0.25) is 9.48 Å². The number of Topliss-reactive ketones (excluding diaryl/α,β-unsaturated/α-hetero) is 1. The standard InChI is InChI=1S/C23H24N4O3S/c1-14-10-20(16(3)27(14)8-7-18-6-5-9-31-18)21(28)13-30-23(29)17-11-19-15(2)25-26(4)22(19)24-12-17/h5-6,9-12H,7-8,13H2,1-4H3. The predicted molar refractivity (Wildman–Crippen MR) is 120 cm³/mol. The highest BCUT2D eigenvalue weighted by Crippen LogP contribution is 2.20. The Kier molecular flexibility index (Phi) is 5.73. The van der Waals surface area contributed by atoms with Crippen LogP contribution in [0.15, 0.2) is 35.8 Å². The van der Waals surface area contributed by atoms with Crippen LogP contribution in [0.2, 0.25) is 0 Å². The summed E-state index contributed by atoms with van der Waals surface area (Å²) < 4.78 is 9.10. The Labute approximate surface area is 184 Å². The molecule has 4 rings (SSSR count). The van der Waals surface area contributed by atoms with E-state index in [9.17, 15) is 9.59 Å². The number of ether oxygens (including phenoxy) is 1. The minimum atomic E-state index is -0.572. The van der Waals surface area contributed by atoms with Crippen LogP contribution in [-0.2, 0) is 24.8 Å². The van der Waals surface area contributed by atoms with E-state index in [0.29, 0.717) is 16.8 Å². The topological polar surface area (TPSA) is 79.0 Å². The van der Waals surface area contributed by atoms with Gasteiger partial charge in [-0.1, -0.05) is 6.07 Å². The average Bonchev–Trinajstić information content (AvgIpc) is 3.44. The Morgan fingerprint density at radius 1 is 1.19 bits per heavy atom. The van der Waals surface area contributed by atoms with Gasteiger partial charge in [0.25, 0.3) is 0 Å². The molecule has 0 saturated heterocycles. The molecule has 0 aliphatic carbocycles. The van der Waals surface area contributed by atoms with Crippen molar-refractivity contribution in [2.45, 2.75) is 33.7 Å². The fourth-order valence-corrected chi connectivity index (χ4v) is 4.51. The van der Waals surface area contributed by atoms with Gasteiger partial charge in [-0.2, -0.15) is 5.10 Å². The van der Waals surface area contributed by atoms with Gasteiger partial charge >= 0.3 is 5.97 Å². The molecule has 0 aliphatic rings. The minimum absolute atomic E-state index is 0.213. The molecule has 0 radical (unpaired) electrons. The Bertz CT molecular complexity index is 1270. The van der Waals surface area contributed by atoms with Crippen molar-refractivity contribution >= 4 is 34.1 Å². The van der Waals surface area contributed by atoms with E-state index in [1.165, 1.54) is 11.1 Å². The number of rotatable bonds is 7. The lowest BCUT2D eigenvalue weighted by molar-refractivity contribution is 0.0474. The highest BCUT2D eigenvalue weighted by Gasteiger charge is 2.19. The van der Waals surface area contributed by atoms with Crippen molar-refractivity contribution in [3.63, 3.8) is 0 Å². The number of fused-ring (bicyclic) bond motifs is 1. The van der Waals surface area contributed by atoms with Crippen LogP contribution in [0.3, 0.4) is 0 Å². The fraction of sp³-hybridized carbons (Fsp3) is 0.304. The molecule has 4 heterocycles. The first kappa shape index (κ1) is 21.0. The first-order valence-electron chi connectivity index (χ1n) is 10.0. The van der Waals surface area contributed by atoms with E-state index < -0.39 is 5.97 Å². The summed E-state index contributed by atoms with van der Waals surface area (Å²) in [7, 11) is 1.80. The van der Waals surface area contributed by atoms with Gasteiger partial charge in [0.1, 0.15) is 0 Å². The van der Waals surface area contributed by atoms with Crippen molar-refractivity contribution in [1.29, 1.82) is 0 Å². The van der Waals surface area contributed by atoms with E-state index >= 15 is 0 Å². The van der Waals surface area contributed by atoms with E-state index in [1.54, 1.807) is 29.1 Å². The lowest BCUT2D eigenvalue weighted by atomic mass is 10.1. The zero-order valence-electron chi connectivity index (χ0n) is 18.0. The number of aryl methyl sites for hydroxylation is 4. The molecule has 0 saturated carbocycles. The lowest BCUT2D eigenvalue weighted by Crippen LogP contribution is -2.15. The Hall–Kier alpha value is -3.26. The van der Waals surface area contributed by atoms with Gasteiger partial charge in [0, 0.05) is 47.0 Å². The molecule has 0 amide bonds. The highest BCUT2D eigenvalue weighted by molar-refractivity contribution is 7.09. The molecule has 31 heavy (non-hydrogen) atoms. The van der Waals surface area contributed by atoms with Crippen LogP contribution in [0.1, 0.15) is 42.7 Å². The van der Waals surface area contributed by atoms with Crippen molar-refractivity contribution in [1.82, 2.24) is 19.3 Å². The van der Waals surface area contributed by atoms with Crippen molar-refractivity contribution < 1.29 is 14.3 Å². The summed E-state index contributed by atoms with van der Waals surface area (Å²) in [6.07, 6.45) is 2.37. The zero-order chi connectivity index (χ0) is 22.1. The van der Waals surface area contributed by atoms with Crippen molar-refractivity contribution in [2.75, 3.05) is 6.61 Å². The molecular formula is C23H24N4O3S. The summed E-state index contributed by atoms with van der Waals surface area (Å²) in [6, 6.07) is 7.73. The number of esters is 1. The van der Waals surface area contributed by atoms with E-state index in [0.717, 1.165) is 35.4 Å². The summed E-state index contributed by atoms with van der Waals surface area (Å²) in [5, 5.41) is 7.16. The second-order valence-electron chi connectivity index (χ2n) is 7.57. The average molecular weight is 437 g/mol. The van der Waals surface area contributed by atoms with Gasteiger partial charge < -0.3 is 9.30 Å². The van der Waals surface area contributed by atoms with Crippen LogP contribution in [0.5, 0.6) is 0 Å². The number of aromatic nitrogens is 4. The molecule has 0 spiro atoms. The van der Waals surface area contributed by atoms with Crippen LogP contribution in [0.25, 0.3) is 11.0 Å². The number of thiophene rings is 1. The molecule has 0 fully saturated rings. The largest absolute Gasteiger partial charge is 0.454 e. The molecular weight excluding hydrogens is 412 g/mol. The van der Waals surface area contributed by atoms with Gasteiger partial charge in [-0.05, 0) is 50.8 Å². The van der Waals surface area contributed by atoms with Gasteiger partial charge in [-0.25, -0.2) is 9.78 Å². The third-order valence-corrected chi connectivity index (χ3v) is 6.41. The lowest BCUT2D eigenvalue weighted by Gasteiger charge is -2.09. The van der Waals surface area contributed by atoms with Crippen molar-refractivity contribution in [3.8, 4) is 0 Å². The maximum absolute atomic E-state index is 12.8. The van der Waals surface area contributed by atoms with Crippen LogP contribution in [0, 0.1) is 20.8 Å². The molecule has 0 atom stereocenters. The van der Waals surface area contributed by atoms with Crippen molar-refractivity contribution in [2.24, 2.45) is 7.05 Å². The summed E-state index contributed by atoms with van der Waals surface area (Å²) in [5.41, 5.74) is 4.28. The van der Waals surface area contributed by atoms with Crippen molar-refractivity contribution in [3.05, 3.63) is 68.9 Å². The molecule has 160 valence electrons. The zero-order valence-corrected chi connectivity index (χ0v) is 18.8. The predicted octanol–water partition coefficient (Wildman–Crippen LogP) is 4.04. The molecule has 0 aliphatic heterocycles. The third-order valence-electron chi connectivity index (χ3n) is 5.47. The molecule has 4 aromatic heterocycles. The maximum atomic E-state index is 12.8. The number of nitrogens with zero attached hydrogens (tertiary/aromatic N) is 4. The second kappa shape index (κ2) is 8.47. The smallest absolute Gasteiger partial charge is 0.340 e. The number of carbonyl (C=O) groups excluding carboxylic acids is 2. The Balaban J connectivity index is 1.43. The molecule has 8 heteroatoms. The monoisotopic (exact) mass is 436 g/mol. The van der Waals surface area contributed by atoms with E-state index in [-0.39, 0.29) is 12.4 Å². The molecule has 0 bridgehead atoms. The van der Waals surface area contributed by atoms with Gasteiger partial charge in [0.15, 0.2) is 12.3 Å². The number of pyridine rings is 1. The highest BCUT2D eigenvalue weighted by atomic mass is 32.1. The first-order chi connectivity index (χ1) is 14.8. The summed E-state index contributed by atoms with van der Waals surface area (Å²) >= 11 is 1.73. The SMILES string of the molecule is Cc1nn(C)c2ncc(C(=O)OCC(=O)c3cc(C)n(CCc4cccs4)c3C)cc12. The summed E-state index contributed by atoms with van der Waals surface area (Å²) in [5.74, 6) is -0.784. The van der Waals surface area contributed by atoms with E-state index in [2.05, 4.69) is 26.1 Å². The Morgan fingerprint density at radius 3 is 2.74 bits per heavy atom.